The molecule has 1 aromatic carbocycles. The van der Waals surface area contributed by atoms with Crippen molar-refractivity contribution >= 4 is 11.9 Å². The van der Waals surface area contributed by atoms with Gasteiger partial charge in [-0.2, -0.15) is 0 Å². The van der Waals surface area contributed by atoms with Gasteiger partial charge in [-0.05, 0) is 50.4 Å². The van der Waals surface area contributed by atoms with Crippen LogP contribution in [0.3, 0.4) is 0 Å². The lowest BCUT2D eigenvalue weighted by molar-refractivity contribution is -0.290. The van der Waals surface area contributed by atoms with Crippen LogP contribution in [0.1, 0.15) is 39.7 Å². The van der Waals surface area contributed by atoms with Gasteiger partial charge in [0.25, 0.3) is 0 Å². The zero-order chi connectivity index (χ0) is 24.5. The molecule has 1 heterocycles. The highest BCUT2D eigenvalue weighted by Gasteiger charge is 2.47. The highest BCUT2D eigenvalue weighted by molar-refractivity contribution is 5.73. The van der Waals surface area contributed by atoms with Crippen molar-refractivity contribution in [3.63, 3.8) is 0 Å². The third-order valence-corrected chi connectivity index (χ3v) is 4.73. The Morgan fingerprint density at radius 2 is 2.00 bits per heavy atom. The largest absolute Gasteiger partial charge is 0.497 e. The van der Waals surface area contributed by atoms with E-state index in [0.29, 0.717) is 0 Å². The van der Waals surface area contributed by atoms with Crippen LogP contribution in [-0.2, 0) is 35.1 Å². The van der Waals surface area contributed by atoms with Gasteiger partial charge in [0.1, 0.15) is 24.6 Å². The normalized spacial score (nSPS) is 22.7. The van der Waals surface area contributed by atoms with Crippen LogP contribution in [0.5, 0.6) is 5.75 Å². The molecule has 2 rings (SSSR count). The summed E-state index contributed by atoms with van der Waals surface area (Å²) in [6, 6.07) is 6.10. The number of esters is 1. The first kappa shape index (κ1) is 26.4. The molecule has 33 heavy (non-hydrogen) atoms. The molecule has 3 unspecified atom stereocenters. The average Bonchev–Trinajstić information content (AvgIpc) is 2.73. The van der Waals surface area contributed by atoms with Gasteiger partial charge in [-0.1, -0.05) is 17.2 Å². The van der Waals surface area contributed by atoms with Gasteiger partial charge in [0.05, 0.1) is 32.4 Å². The molecule has 1 aromatic rings. The Morgan fingerprint density at radius 1 is 1.30 bits per heavy atom. The number of ether oxygens (including phenoxy) is 5. The molecule has 0 saturated carbocycles. The molecule has 1 amide bonds. The molecule has 0 aromatic heterocycles. The van der Waals surface area contributed by atoms with Crippen LogP contribution >= 0.6 is 0 Å². The third-order valence-electron chi connectivity index (χ3n) is 4.73. The Kier molecular flexibility index (Phi) is 9.48. The molecular formula is C22H32N4O7. The Hall–Kier alpha value is -2.85. The molecule has 11 heteroatoms. The number of methoxy groups -OCH3 is 1. The zero-order valence-electron chi connectivity index (χ0n) is 19.7. The van der Waals surface area contributed by atoms with Crippen LogP contribution in [0.25, 0.3) is 10.4 Å². The number of rotatable bonds is 10. The summed E-state index contributed by atoms with van der Waals surface area (Å²) in [5.41, 5.74) is 9.31. The SMILES string of the molecule is COc1ccc(COCC2(OCC(=O)OC(C)(C)C)OCC(NC(C)=O)CC2N=[N+]=[N-])cc1. The number of amides is 1. The summed E-state index contributed by atoms with van der Waals surface area (Å²) >= 11 is 0. The van der Waals surface area contributed by atoms with E-state index in [0.717, 1.165) is 11.3 Å². The molecule has 0 radical (unpaired) electrons. The summed E-state index contributed by atoms with van der Waals surface area (Å²) in [6.45, 7) is 6.41. The number of carbonyl (C=O) groups is 2. The van der Waals surface area contributed by atoms with E-state index in [-0.39, 0.29) is 38.2 Å². The third kappa shape index (κ3) is 8.54. The van der Waals surface area contributed by atoms with Crippen LogP contribution in [0.15, 0.2) is 29.4 Å². The number of nitrogens with one attached hydrogen (secondary N) is 1. The molecule has 0 aliphatic carbocycles. The zero-order valence-corrected chi connectivity index (χ0v) is 19.7. The lowest BCUT2D eigenvalue weighted by atomic mass is 9.96. The van der Waals surface area contributed by atoms with Crippen molar-refractivity contribution in [3.05, 3.63) is 40.3 Å². The summed E-state index contributed by atoms with van der Waals surface area (Å²) in [6.07, 6.45) is 0.254. The summed E-state index contributed by atoms with van der Waals surface area (Å²) in [7, 11) is 1.59. The van der Waals surface area contributed by atoms with E-state index >= 15 is 0 Å². The van der Waals surface area contributed by atoms with Gasteiger partial charge in [-0.15, -0.1) is 0 Å². The van der Waals surface area contributed by atoms with Crippen molar-refractivity contribution in [3.8, 4) is 5.75 Å². The fraction of sp³-hybridized carbons (Fsp3) is 0.636. The average molecular weight is 465 g/mol. The summed E-state index contributed by atoms with van der Waals surface area (Å²) in [5, 5.41) is 6.58. The highest BCUT2D eigenvalue weighted by atomic mass is 16.7. The van der Waals surface area contributed by atoms with Crippen molar-refractivity contribution in [1.29, 1.82) is 0 Å². The topological polar surface area (TPSA) is 141 Å². The van der Waals surface area contributed by atoms with Gasteiger partial charge in [-0.3, -0.25) is 4.79 Å². The van der Waals surface area contributed by atoms with Crippen molar-refractivity contribution in [1.82, 2.24) is 5.32 Å². The maximum atomic E-state index is 12.3. The Labute approximate surface area is 193 Å². The standard InChI is InChI=1S/C22H32N4O7/c1-15(27)24-17-10-19(25-26-23)22(31-12-17,32-13-20(28)33-21(2,3)4)14-30-11-16-6-8-18(29-5)9-7-16/h6-9,17,19H,10-14H2,1-5H3,(H,24,27). The molecule has 1 aliphatic heterocycles. The lowest BCUT2D eigenvalue weighted by Gasteiger charge is -2.43. The van der Waals surface area contributed by atoms with Crippen molar-refractivity contribution in [2.24, 2.45) is 5.11 Å². The molecule has 0 bridgehead atoms. The lowest BCUT2D eigenvalue weighted by Crippen LogP contribution is -2.59. The first-order valence-corrected chi connectivity index (χ1v) is 10.6. The minimum atomic E-state index is -1.52. The van der Waals surface area contributed by atoms with E-state index in [1.807, 2.05) is 24.3 Å². The molecular weight excluding hydrogens is 432 g/mol. The van der Waals surface area contributed by atoms with Crippen LogP contribution in [0.2, 0.25) is 0 Å². The molecule has 1 aliphatic rings. The van der Waals surface area contributed by atoms with Gasteiger partial charge in [-0.25, -0.2) is 4.79 Å². The second-order valence-corrected chi connectivity index (χ2v) is 8.69. The van der Waals surface area contributed by atoms with Crippen molar-refractivity contribution < 1.29 is 33.3 Å². The quantitative estimate of drug-likeness (QED) is 0.243. The fourth-order valence-corrected chi connectivity index (χ4v) is 3.34. The Morgan fingerprint density at radius 3 is 2.58 bits per heavy atom. The van der Waals surface area contributed by atoms with Gasteiger partial charge in [0.2, 0.25) is 11.7 Å². The second kappa shape index (κ2) is 11.9. The van der Waals surface area contributed by atoms with E-state index in [1.54, 1.807) is 27.9 Å². The number of azide groups is 1. The molecule has 182 valence electrons. The van der Waals surface area contributed by atoms with Crippen molar-refractivity contribution in [2.75, 3.05) is 26.9 Å². The van der Waals surface area contributed by atoms with Gasteiger partial charge < -0.3 is 29.0 Å². The summed E-state index contributed by atoms with van der Waals surface area (Å²) < 4.78 is 28.1. The van der Waals surface area contributed by atoms with Crippen LogP contribution in [-0.4, -0.2) is 62.3 Å². The number of carbonyl (C=O) groups excluding carboxylic acids is 2. The molecule has 0 spiro atoms. The maximum Gasteiger partial charge on any atom is 0.332 e. The fourth-order valence-electron chi connectivity index (χ4n) is 3.34. The number of benzene rings is 1. The van der Waals surface area contributed by atoms with E-state index in [4.69, 9.17) is 29.2 Å². The highest BCUT2D eigenvalue weighted by Crippen LogP contribution is 2.31. The summed E-state index contributed by atoms with van der Waals surface area (Å²) in [5.74, 6) is -1.63. The van der Waals surface area contributed by atoms with E-state index in [9.17, 15) is 9.59 Å². The first-order valence-electron chi connectivity index (χ1n) is 10.6. The van der Waals surface area contributed by atoms with Crippen LogP contribution in [0, 0.1) is 0 Å². The monoisotopic (exact) mass is 464 g/mol. The minimum Gasteiger partial charge on any atom is -0.497 e. The van der Waals surface area contributed by atoms with E-state index < -0.39 is 30.0 Å². The Bertz CT molecular complexity index is 849. The molecule has 11 nitrogen and oxygen atoms in total. The number of hydrogen-bond donors (Lipinski definition) is 1. The smallest absolute Gasteiger partial charge is 0.332 e. The molecule has 3 atom stereocenters. The van der Waals surface area contributed by atoms with Gasteiger partial charge in [0.15, 0.2) is 0 Å². The second-order valence-electron chi connectivity index (χ2n) is 8.69. The predicted molar refractivity (Wildman–Crippen MR) is 118 cm³/mol. The van der Waals surface area contributed by atoms with Gasteiger partial charge in [0, 0.05) is 11.8 Å². The summed E-state index contributed by atoms with van der Waals surface area (Å²) in [4.78, 5) is 26.6. The van der Waals surface area contributed by atoms with Crippen LogP contribution < -0.4 is 10.1 Å². The maximum absolute atomic E-state index is 12.3. The molecule has 1 fully saturated rings. The van der Waals surface area contributed by atoms with Crippen LogP contribution in [0.4, 0.5) is 0 Å². The minimum absolute atomic E-state index is 0.0945. The number of nitrogens with zero attached hydrogens (tertiary/aromatic N) is 3. The predicted octanol–water partition coefficient (Wildman–Crippen LogP) is 2.87. The molecule has 1 N–H and O–H groups in total. The van der Waals surface area contributed by atoms with E-state index in [2.05, 4.69) is 15.3 Å². The van der Waals surface area contributed by atoms with E-state index in [1.165, 1.54) is 6.92 Å². The molecule has 1 saturated heterocycles. The van der Waals surface area contributed by atoms with Crippen molar-refractivity contribution in [2.45, 2.75) is 64.2 Å². The Balaban J connectivity index is 2.15. The van der Waals surface area contributed by atoms with Gasteiger partial charge >= 0.3 is 5.97 Å². The first-order chi connectivity index (χ1) is 15.6. The number of hydrogen-bond acceptors (Lipinski definition) is 8.